The van der Waals surface area contributed by atoms with Crippen LogP contribution in [0.1, 0.15) is 25.8 Å². The number of esters is 1. The number of amides is 1. The van der Waals surface area contributed by atoms with Gasteiger partial charge in [-0.15, -0.1) is 0 Å². The van der Waals surface area contributed by atoms with Crippen molar-refractivity contribution >= 4 is 23.5 Å². The molecule has 1 aliphatic heterocycles. The van der Waals surface area contributed by atoms with Gasteiger partial charge in [0.05, 0.1) is 25.0 Å². The minimum absolute atomic E-state index is 0.0645. The van der Waals surface area contributed by atoms with Gasteiger partial charge in [0.15, 0.2) is 11.5 Å². The van der Waals surface area contributed by atoms with Crippen LogP contribution in [0.3, 0.4) is 0 Å². The van der Waals surface area contributed by atoms with Crippen molar-refractivity contribution in [3.05, 3.63) is 22.7 Å². The third-order valence-electron chi connectivity index (χ3n) is 3.76. The van der Waals surface area contributed by atoms with Crippen LogP contribution in [-0.2, 0) is 20.7 Å². The van der Waals surface area contributed by atoms with Crippen LogP contribution in [0.2, 0.25) is 5.02 Å². The van der Waals surface area contributed by atoms with Gasteiger partial charge in [-0.1, -0.05) is 25.4 Å². The number of hydrogen-bond acceptors (Lipinski definition) is 5. The second-order valence-corrected chi connectivity index (χ2v) is 6.75. The first-order chi connectivity index (χ1) is 11.9. The molecule has 0 unspecified atom stereocenters. The topological polar surface area (TPSA) is 65.1 Å². The molecule has 1 aromatic carbocycles. The summed E-state index contributed by atoms with van der Waals surface area (Å²) >= 11 is 6.23. The largest absolute Gasteiger partial charge is 0.486 e. The monoisotopic (exact) mass is 369 g/mol. The number of methoxy groups -OCH3 is 1. The molecular weight excluding hydrogens is 346 g/mol. The number of ether oxygens (including phenoxy) is 3. The Balaban J connectivity index is 2.08. The fraction of sp³-hybridized carbons (Fsp3) is 0.556. The number of hydrogen-bond donors (Lipinski definition) is 0. The van der Waals surface area contributed by atoms with E-state index in [1.165, 1.54) is 7.11 Å². The smallest absolute Gasteiger partial charge is 0.307 e. The number of fused-ring (bicyclic) bond motifs is 1. The maximum atomic E-state index is 12.7. The SMILES string of the molecule is COC(=O)CCN(CC(C)C)C(=O)Cc1cc(Cl)c2c(c1)OCCO2. The van der Waals surface area contributed by atoms with Crippen molar-refractivity contribution in [1.82, 2.24) is 4.90 Å². The lowest BCUT2D eigenvalue weighted by molar-refractivity contribution is -0.141. The van der Waals surface area contributed by atoms with Crippen LogP contribution < -0.4 is 9.47 Å². The van der Waals surface area contributed by atoms with Gasteiger partial charge in [0.25, 0.3) is 0 Å². The van der Waals surface area contributed by atoms with Crippen molar-refractivity contribution in [3.63, 3.8) is 0 Å². The van der Waals surface area contributed by atoms with E-state index < -0.39 is 0 Å². The molecule has 25 heavy (non-hydrogen) atoms. The van der Waals surface area contributed by atoms with Crippen molar-refractivity contribution < 1.29 is 23.8 Å². The minimum Gasteiger partial charge on any atom is -0.486 e. The van der Waals surface area contributed by atoms with E-state index >= 15 is 0 Å². The normalized spacial score (nSPS) is 12.8. The third-order valence-corrected chi connectivity index (χ3v) is 4.04. The molecule has 7 heteroatoms. The van der Waals surface area contributed by atoms with Gasteiger partial charge >= 0.3 is 5.97 Å². The molecule has 138 valence electrons. The lowest BCUT2D eigenvalue weighted by Crippen LogP contribution is -2.37. The fourth-order valence-corrected chi connectivity index (χ4v) is 2.93. The Morgan fingerprint density at radius 1 is 1.28 bits per heavy atom. The molecule has 1 aromatic rings. The number of carbonyl (C=O) groups excluding carboxylic acids is 2. The first-order valence-electron chi connectivity index (χ1n) is 8.33. The average Bonchev–Trinajstić information content (AvgIpc) is 2.57. The molecule has 0 saturated carbocycles. The molecule has 0 radical (unpaired) electrons. The number of halogens is 1. The molecule has 0 N–H and O–H groups in total. The molecule has 6 nitrogen and oxygen atoms in total. The molecule has 1 heterocycles. The van der Waals surface area contributed by atoms with Gasteiger partial charge in [-0.2, -0.15) is 0 Å². The van der Waals surface area contributed by atoms with E-state index in [4.69, 9.17) is 21.1 Å². The summed E-state index contributed by atoms with van der Waals surface area (Å²) in [5, 5.41) is 0.435. The first kappa shape index (κ1) is 19.4. The van der Waals surface area contributed by atoms with Crippen LogP contribution in [0, 0.1) is 5.92 Å². The van der Waals surface area contributed by atoms with Gasteiger partial charge in [-0.05, 0) is 23.6 Å². The summed E-state index contributed by atoms with van der Waals surface area (Å²) in [7, 11) is 1.34. The molecule has 0 bridgehead atoms. The van der Waals surface area contributed by atoms with E-state index in [1.807, 2.05) is 13.8 Å². The maximum absolute atomic E-state index is 12.7. The zero-order chi connectivity index (χ0) is 18.4. The van der Waals surface area contributed by atoms with Crippen molar-refractivity contribution in [2.24, 2.45) is 5.92 Å². The molecule has 0 saturated heterocycles. The number of carbonyl (C=O) groups is 2. The standard InChI is InChI=1S/C18H24ClNO5/c1-12(2)11-20(5-4-17(22)23-3)16(21)10-13-8-14(19)18-15(9-13)24-6-7-25-18/h8-9,12H,4-7,10-11H2,1-3H3. The van der Waals surface area contributed by atoms with Crippen LogP contribution in [0.25, 0.3) is 0 Å². The highest BCUT2D eigenvalue weighted by Gasteiger charge is 2.21. The molecular formula is C18H24ClNO5. The highest BCUT2D eigenvalue weighted by atomic mass is 35.5. The van der Waals surface area contributed by atoms with Gasteiger partial charge < -0.3 is 19.1 Å². The molecule has 2 rings (SSSR count). The van der Waals surface area contributed by atoms with Crippen LogP contribution >= 0.6 is 11.6 Å². The molecule has 1 amide bonds. The highest BCUT2D eigenvalue weighted by Crippen LogP contribution is 2.38. The number of benzene rings is 1. The molecule has 0 aromatic heterocycles. The summed E-state index contributed by atoms with van der Waals surface area (Å²) in [5.74, 6) is 0.986. The molecule has 0 atom stereocenters. The molecule has 0 spiro atoms. The quantitative estimate of drug-likeness (QED) is 0.691. The van der Waals surface area contributed by atoms with Gasteiger partial charge in [0, 0.05) is 13.1 Å². The third kappa shape index (κ3) is 5.53. The van der Waals surface area contributed by atoms with E-state index in [9.17, 15) is 9.59 Å². The van der Waals surface area contributed by atoms with Gasteiger partial charge in [-0.25, -0.2) is 0 Å². The van der Waals surface area contributed by atoms with Crippen molar-refractivity contribution in [2.45, 2.75) is 26.7 Å². The van der Waals surface area contributed by atoms with Gasteiger partial charge in [-0.3, -0.25) is 9.59 Å². The van der Waals surface area contributed by atoms with Crippen molar-refractivity contribution in [1.29, 1.82) is 0 Å². The summed E-state index contributed by atoms with van der Waals surface area (Å²) in [6.07, 6.45) is 0.362. The van der Waals surface area contributed by atoms with E-state index in [0.29, 0.717) is 48.7 Å². The Bertz CT molecular complexity index is 632. The summed E-state index contributed by atoms with van der Waals surface area (Å²) < 4.78 is 15.7. The Kier molecular flexibility index (Phi) is 6.93. The Morgan fingerprint density at radius 2 is 2.00 bits per heavy atom. The minimum atomic E-state index is -0.330. The van der Waals surface area contributed by atoms with E-state index in [0.717, 1.165) is 5.56 Å². The van der Waals surface area contributed by atoms with E-state index in [2.05, 4.69) is 4.74 Å². The Hall–Kier alpha value is -1.95. The van der Waals surface area contributed by atoms with Gasteiger partial charge in [0.1, 0.15) is 13.2 Å². The average molecular weight is 370 g/mol. The second-order valence-electron chi connectivity index (χ2n) is 6.34. The Labute approximate surface area is 153 Å². The lowest BCUT2D eigenvalue weighted by Gasteiger charge is -2.25. The maximum Gasteiger partial charge on any atom is 0.307 e. The van der Waals surface area contributed by atoms with E-state index in [1.54, 1.807) is 17.0 Å². The van der Waals surface area contributed by atoms with Crippen LogP contribution in [-0.4, -0.2) is 50.2 Å². The van der Waals surface area contributed by atoms with E-state index in [-0.39, 0.29) is 24.7 Å². The summed E-state index contributed by atoms with van der Waals surface area (Å²) in [6, 6.07) is 3.51. The Morgan fingerprint density at radius 3 is 2.68 bits per heavy atom. The molecule has 0 aliphatic carbocycles. The number of nitrogens with zero attached hydrogens (tertiary/aromatic N) is 1. The predicted octanol–water partition coefficient (Wildman–Crippen LogP) is 2.70. The molecule has 0 fully saturated rings. The van der Waals surface area contributed by atoms with Crippen LogP contribution in [0.4, 0.5) is 0 Å². The van der Waals surface area contributed by atoms with Crippen molar-refractivity contribution in [2.75, 3.05) is 33.4 Å². The number of rotatable bonds is 7. The zero-order valence-electron chi connectivity index (χ0n) is 14.8. The lowest BCUT2D eigenvalue weighted by atomic mass is 10.1. The predicted molar refractivity (Wildman–Crippen MR) is 94.2 cm³/mol. The first-order valence-corrected chi connectivity index (χ1v) is 8.71. The van der Waals surface area contributed by atoms with Crippen LogP contribution in [0.5, 0.6) is 11.5 Å². The molecule has 1 aliphatic rings. The summed E-state index contributed by atoms with van der Waals surface area (Å²) in [6.45, 7) is 5.88. The van der Waals surface area contributed by atoms with Gasteiger partial charge in [0.2, 0.25) is 5.91 Å². The zero-order valence-corrected chi connectivity index (χ0v) is 15.6. The highest BCUT2D eigenvalue weighted by molar-refractivity contribution is 6.32. The van der Waals surface area contributed by atoms with Crippen molar-refractivity contribution in [3.8, 4) is 11.5 Å². The van der Waals surface area contributed by atoms with Crippen LogP contribution in [0.15, 0.2) is 12.1 Å². The fourth-order valence-electron chi connectivity index (χ4n) is 2.64. The summed E-state index contributed by atoms with van der Waals surface area (Å²) in [5.41, 5.74) is 0.756. The second kappa shape index (κ2) is 8.94. The summed E-state index contributed by atoms with van der Waals surface area (Å²) in [4.78, 5) is 25.8.